The molecule has 1 aliphatic heterocycles. The highest BCUT2D eigenvalue weighted by Crippen LogP contribution is 2.29. The second-order valence-corrected chi connectivity index (χ2v) is 5.57. The van der Waals surface area contributed by atoms with Gasteiger partial charge in [0.25, 0.3) is 5.89 Å². The van der Waals surface area contributed by atoms with Crippen molar-refractivity contribution in [3.8, 4) is 11.5 Å². The van der Waals surface area contributed by atoms with Gasteiger partial charge in [-0.2, -0.15) is 4.98 Å². The smallest absolute Gasteiger partial charge is 0.261 e. The lowest BCUT2D eigenvalue weighted by Gasteiger charge is -2.33. The van der Waals surface area contributed by atoms with E-state index in [1.165, 1.54) is 0 Å². The Balaban J connectivity index is 1.67. The van der Waals surface area contributed by atoms with Crippen LogP contribution in [0.25, 0.3) is 11.5 Å². The molecule has 2 aromatic rings. The second kappa shape index (κ2) is 7.52. The predicted octanol–water partition coefficient (Wildman–Crippen LogP) is 2.07. The summed E-state index contributed by atoms with van der Waals surface area (Å²) in [7, 11) is 1.69. The van der Waals surface area contributed by atoms with Crippen molar-refractivity contribution in [2.75, 3.05) is 38.3 Å². The third-order valence-corrected chi connectivity index (χ3v) is 3.93. The molecule has 2 aromatic heterocycles. The van der Waals surface area contributed by atoms with Crippen LogP contribution >= 0.6 is 0 Å². The Labute approximate surface area is 135 Å². The first-order valence-electron chi connectivity index (χ1n) is 7.89. The molecule has 3 heterocycles. The highest BCUT2D eigenvalue weighted by Gasteiger charge is 2.24. The molecule has 0 aromatic carbocycles. The van der Waals surface area contributed by atoms with E-state index in [9.17, 15) is 0 Å². The van der Waals surface area contributed by atoms with Crippen LogP contribution in [0.15, 0.2) is 22.9 Å². The van der Waals surface area contributed by atoms with E-state index in [1.807, 2.05) is 19.1 Å². The quantitative estimate of drug-likeness (QED) is 0.755. The average molecular weight is 318 g/mol. The van der Waals surface area contributed by atoms with Crippen LogP contribution < -0.4 is 4.90 Å². The third kappa shape index (κ3) is 3.86. The van der Waals surface area contributed by atoms with Crippen molar-refractivity contribution in [2.45, 2.75) is 25.9 Å². The van der Waals surface area contributed by atoms with E-state index < -0.39 is 0 Å². The molecule has 0 spiro atoms. The summed E-state index contributed by atoms with van der Waals surface area (Å²) in [6.45, 7) is 4.90. The van der Waals surface area contributed by atoms with Crippen LogP contribution in [0.4, 0.5) is 5.82 Å². The lowest BCUT2D eigenvalue weighted by Crippen LogP contribution is -2.38. The molecule has 124 valence electrons. The number of nitrogens with zero attached hydrogens (tertiary/aromatic N) is 4. The first-order chi connectivity index (χ1) is 11.3. The lowest BCUT2D eigenvalue weighted by atomic mass is 10.1. The van der Waals surface area contributed by atoms with Crippen LogP contribution in [-0.2, 0) is 9.47 Å². The zero-order valence-corrected chi connectivity index (χ0v) is 13.6. The molecule has 1 aliphatic rings. The second-order valence-electron chi connectivity index (χ2n) is 5.57. The van der Waals surface area contributed by atoms with Crippen molar-refractivity contribution >= 4 is 5.82 Å². The molecule has 0 radical (unpaired) electrons. The normalized spacial score (nSPS) is 16.0. The van der Waals surface area contributed by atoms with Crippen molar-refractivity contribution in [2.24, 2.45) is 0 Å². The Hall–Kier alpha value is -1.99. The van der Waals surface area contributed by atoms with Crippen LogP contribution in [0.2, 0.25) is 0 Å². The fourth-order valence-electron chi connectivity index (χ4n) is 2.75. The number of pyridine rings is 1. The van der Waals surface area contributed by atoms with Gasteiger partial charge in [-0.05, 0) is 31.9 Å². The predicted molar refractivity (Wildman–Crippen MR) is 85.3 cm³/mol. The van der Waals surface area contributed by atoms with Crippen molar-refractivity contribution in [1.29, 1.82) is 0 Å². The fraction of sp³-hybridized carbons (Fsp3) is 0.562. The highest BCUT2D eigenvalue weighted by atomic mass is 16.5. The van der Waals surface area contributed by atoms with E-state index in [0.717, 1.165) is 37.3 Å². The molecule has 0 saturated carbocycles. The minimum atomic E-state index is 0.291. The maximum atomic E-state index is 5.81. The number of piperidine rings is 1. The van der Waals surface area contributed by atoms with E-state index in [2.05, 4.69) is 20.0 Å². The molecule has 1 fully saturated rings. The first kappa shape index (κ1) is 15.9. The molecule has 0 amide bonds. The summed E-state index contributed by atoms with van der Waals surface area (Å²) < 4.78 is 16.1. The molecule has 23 heavy (non-hydrogen) atoms. The molecule has 0 atom stereocenters. The van der Waals surface area contributed by atoms with Gasteiger partial charge in [0.05, 0.1) is 24.9 Å². The monoisotopic (exact) mass is 318 g/mol. The fourth-order valence-corrected chi connectivity index (χ4v) is 2.75. The van der Waals surface area contributed by atoms with E-state index >= 15 is 0 Å². The minimum absolute atomic E-state index is 0.291. The lowest BCUT2D eigenvalue weighted by molar-refractivity contribution is 0.00605. The number of methoxy groups -OCH3 is 1. The number of rotatable bonds is 6. The Kier molecular flexibility index (Phi) is 5.19. The minimum Gasteiger partial charge on any atom is -0.382 e. The summed E-state index contributed by atoms with van der Waals surface area (Å²) in [5.74, 6) is 2.04. The van der Waals surface area contributed by atoms with Gasteiger partial charge in [0, 0.05) is 26.4 Å². The molecular weight excluding hydrogens is 296 g/mol. The van der Waals surface area contributed by atoms with Crippen molar-refractivity contribution in [1.82, 2.24) is 15.1 Å². The van der Waals surface area contributed by atoms with Crippen molar-refractivity contribution < 1.29 is 14.0 Å². The van der Waals surface area contributed by atoms with Crippen LogP contribution in [0.1, 0.15) is 18.7 Å². The van der Waals surface area contributed by atoms with E-state index in [4.69, 9.17) is 14.0 Å². The standard InChI is InChI=1S/C16H22N4O3/c1-12-18-16(23-19-12)14-4-3-7-17-15(14)20-8-5-13(6-9-20)22-11-10-21-2/h3-4,7,13H,5-6,8-11H2,1-2H3. The van der Waals surface area contributed by atoms with Crippen LogP contribution in [-0.4, -0.2) is 54.6 Å². The summed E-state index contributed by atoms with van der Waals surface area (Å²) in [5, 5.41) is 3.87. The number of hydrogen-bond donors (Lipinski definition) is 0. The summed E-state index contributed by atoms with van der Waals surface area (Å²) in [4.78, 5) is 11.1. The topological polar surface area (TPSA) is 73.5 Å². The van der Waals surface area contributed by atoms with Crippen LogP contribution in [0.3, 0.4) is 0 Å². The largest absolute Gasteiger partial charge is 0.382 e. The van der Waals surface area contributed by atoms with Gasteiger partial charge in [-0.25, -0.2) is 4.98 Å². The van der Waals surface area contributed by atoms with Crippen molar-refractivity contribution in [3.05, 3.63) is 24.2 Å². The Morgan fingerprint density at radius 1 is 1.30 bits per heavy atom. The number of anilines is 1. The summed E-state index contributed by atoms with van der Waals surface area (Å²) >= 11 is 0. The van der Waals surface area contributed by atoms with Gasteiger partial charge in [-0.3, -0.25) is 0 Å². The molecular formula is C16H22N4O3. The first-order valence-corrected chi connectivity index (χ1v) is 7.89. The van der Waals surface area contributed by atoms with Gasteiger partial charge in [-0.15, -0.1) is 0 Å². The van der Waals surface area contributed by atoms with Crippen LogP contribution in [0, 0.1) is 6.92 Å². The molecule has 1 saturated heterocycles. The van der Waals surface area contributed by atoms with Crippen molar-refractivity contribution in [3.63, 3.8) is 0 Å². The molecule has 0 unspecified atom stereocenters. The number of aromatic nitrogens is 3. The number of aryl methyl sites for hydroxylation is 1. The van der Waals surface area contributed by atoms with Gasteiger partial charge in [-0.1, -0.05) is 5.16 Å². The summed E-state index contributed by atoms with van der Waals surface area (Å²) in [6.07, 6.45) is 4.04. The molecule has 7 nitrogen and oxygen atoms in total. The van der Waals surface area contributed by atoms with Gasteiger partial charge in [0.1, 0.15) is 5.82 Å². The SMILES string of the molecule is COCCOC1CCN(c2ncccc2-c2nc(C)no2)CC1. The number of ether oxygens (including phenoxy) is 2. The van der Waals surface area contributed by atoms with E-state index in [-0.39, 0.29) is 0 Å². The zero-order chi connectivity index (χ0) is 16.1. The van der Waals surface area contributed by atoms with Gasteiger partial charge >= 0.3 is 0 Å². The Morgan fingerprint density at radius 2 is 2.13 bits per heavy atom. The summed E-state index contributed by atoms with van der Waals surface area (Å²) in [6, 6.07) is 3.86. The molecule has 0 bridgehead atoms. The molecule has 3 rings (SSSR count). The van der Waals surface area contributed by atoms with Gasteiger partial charge in [0.15, 0.2) is 5.82 Å². The average Bonchev–Trinajstić information content (AvgIpc) is 3.02. The third-order valence-electron chi connectivity index (χ3n) is 3.93. The maximum Gasteiger partial charge on any atom is 0.261 e. The Bertz CT molecular complexity index is 623. The highest BCUT2D eigenvalue weighted by molar-refractivity contribution is 5.69. The maximum absolute atomic E-state index is 5.81. The molecule has 7 heteroatoms. The number of hydrogen-bond acceptors (Lipinski definition) is 7. The van der Waals surface area contributed by atoms with Gasteiger partial charge in [0.2, 0.25) is 0 Å². The van der Waals surface area contributed by atoms with E-state index in [0.29, 0.717) is 31.0 Å². The zero-order valence-electron chi connectivity index (χ0n) is 13.6. The molecule has 0 N–H and O–H groups in total. The van der Waals surface area contributed by atoms with Gasteiger partial charge < -0.3 is 18.9 Å². The van der Waals surface area contributed by atoms with Crippen LogP contribution in [0.5, 0.6) is 0 Å². The summed E-state index contributed by atoms with van der Waals surface area (Å²) in [5.41, 5.74) is 0.881. The Morgan fingerprint density at radius 3 is 2.83 bits per heavy atom. The van der Waals surface area contributed by atoms with E-state index in [1.54, 1.807) is 13.3 Å². The molecule has 0 aliphatic carbocycles.